The highest BCUT2D eigenvalue weighted by atomic mass is 19.4. The molecular formula is C22H25F3N2O4. The molecule has 0 spiro atoms. The van der Waals surface area contributed by atoms with Crippen molar-refractivity contribution in [3.8, 4) is 11.5 Å². The summed E-state index contributed by atoms with van der Waals surface area (Å²) >= 11 is 0. The van der Waals surface area contributed by atoms with Crippen LogP contribution in [0.4, 0.5) is 18.9 Å². The van der Waals surface area contributed by atoms with Gasteiger partial charge in [-0.25, -0.2) is 0 Å². The van der Waals surface area contributed by atoms with Gasteiger partial charge in [-0.3, -0.25) is 9.59 Å². The topological polar surface area (TPSA) is 76.7 Å². The van der Waals surface area contributed by atoms with E-state index in [9.17, 15) is 22.8 Å². The van der Waals surface area contributed by atoms with Crippen LogP contribution in [0.1, 0.15) is 24.5 Å². The number of hydrogen-bond donors (Lipinski definition) is 2. The van der Waals surface area contributed by atoms with E-state index in [0.717, 1.165) is 12.0 Å². The third-order valence-electron chi connectivity index (χ3n) is 4.38. The fourth-order valence-electron chi connectivity index (χ4n) is 2.82. The summed E-state index contributed by atoms with van der Waals surface area (Å²) in [7, 11) is 1.32. The third-order valence-corrected chi connectivity index (χ3v) is 4.38. The van der Waals surface area contributed by atoms with Gasteiger partial charge in [0.15, 0.2) is 18.1 Å². The van der Waals surface area contributed by atoms with Gasteiger partial charge in [-0.05, 0) is 42.2 Å². The molecule has 0 unspecified atom stereocenters. The highest BCUT2D eigenvalue weighted by molar-refractivity contribution is 5.95. The van der Waals surface area contributed by atoms with Crippen LogP contribution in [0.3, 0.4) is 0 Å². The van der Waals surface area contributed by atoms with E-state index >= 15 is 0 Å². The second-order valence-corrected chi connectivity index (χ2v) is 6.72. The molecule has 2 amide bonds. The number of carbonyl (C=O) groups excluding carboxylic acids is 2. The fourth-order valence-corrected chi connectivity index (χ4v) is 2.82. The van der Waals surface area contributed by atoms with Crippen molar-refractivity contribution in [1.29, 1.82) is 0 Å². The van der Waals surface area contributed by atoms with E-state index < -0.39 is 12.8 Å². The number of alkyl halides is 3. The minimum absolute atomic E-state index is 0.0305. The van der Waals surface area contributed by atoms with Crippen molar-refractivity contribution in [2.24, 2.45) is 0 Å². The van der Waals surface area contributed by atoms with Gasteiger partial charge in [0.2, 0.25) is 11.8 Å². The van der Waals surface area contributed by atoms with Gasteiger partial charge in [-0.1, -0.05) is 31.2 Å². The summed E-state index contributed by atoms with van der Waals surface area (Å²) in [5.41, 5.74) is 2.40. The maximum atomic E-state index is 12.3. The highest BCUT2D eigenvalue weighted by Crippen LogP contribution is 2.30. The zero-order chi connectivity index (χ0) is 22.9. The molecule has 0 saturated carbocycles. The lowest BCUT2D eigenvalue weighted by Gasteiger charge is -2.13. The summed E-state index contributed by atoms with van der Waals surface area (Å²) in [6.45, 7) is 0.400. The van der Waals surface area contributed by atoms with Crippen LogP contribution in [0, 0.1) is 0 Å². The number of para-hydroxylation sites is 1. The predicted octanol–water partition coefficient (Wildman–Crippen LogP) is 3.89. The van der Waals surface area contributed by atoms with Crippen LogP contribution in [-0.2, 0) is 22.4 Å². The Morgan fingerprint density at radius 3 is 2.45 bits per heavy atom. The lowest BCUT2D eigenvalue weighted by Crippen LogP contribution is -2.33. The Morgan fingerprint density at radius 2 is 1.77 bits per heavy atom. The minimum atomic E-state index is -4.45. The van der Waals surface area contributed by atoms with Crippen LogP contribution in [0.5, 0.6) is 11.5 Å². The maximum Gasteiger partial charge on any atom is 0.422 e. The Kier molecular flexibility index (Phi) is 8.72. The number of methoxy groups -OCH3 is 1. The van der Waals surface area contributed by atoms with Gasteiger partial charge in [0.25, 0.3) is 0 Å². The van der Waals surface area contributed by atoms with Gasteiger partial charge in [0.05, 0.1) is 13.7 Å². The number of halogens is 3. The van der Waals surface area contributed by atoms with Gasteiger partial charge in [0.1, 0.15) is 0 Å². The summed E-state index contributed by atoms with van der Waals surface area (Å²) in [5, 5.41) is 5.33. The van der Waals surface area contributed by atoms with Crippen LogP contribution in [0.25, 0.3) is 0 Å². The van der Waals surface area contributed by atoms with E-state index in [-0.39, 0.29) is 36.3 Å². The lowest BCUT2D eigenvalue weighted by molar-refractivity contribution is -0.153. The summed E-state index contributed by atoms with van der Waals surface area (Å²) in [6.07, 6.45) is -3.26. The van der Waals surface area contributed by atoms with Crippen molar-refractivity contribution in [1.82, 2.24) is 5.32 Å². The van der Waals surface area contributed by atoms with E-state index in [4.69, 9.17) is 9.47 Å². The molecule has 0 heterocycles. The van der Waals surface area contributed by atoms with Gasteiger partial charge in [0, 0.05) is 12.1 Å². The molecule has 9 heteroatoms. The standard InChI is InChI=1S/C22H25F3N2O4/c1-3-16-6-4-5-7-17(16)27-21(29)13-26-20(28)11-9-15-8-10-18(19(12-15)30-2)31-14-22(23,24)25/h4-8,10,12H,3,9,11,13-14H2,1-2H3,(H,26,28)(H,27,29). The van der Waals surface area contributed by atoms with Crippen molar-refractivity contribution in [2.75, 3.05) is 25.6 Å². The molecule has 0 saturated heterocycles. The van der Waals surface area contributed by atoms with Gasteiger partial charge < -0.3 is 20.1 Å². The molecule has 0 aromatic heterocycles. The SMILES string of the molecule is CCc1ccccc1NC(=O)CNC(=O)CCc1ccc(OCC(F)(F)F)c(OC)c1. The molecule has 6 nitrogen and oxygen atoms in total. The molecule has 0 atom stereocenters. The van der Waals surface area contributed by atoms with Crippen LogP contribution in [0.2, 0.25) is 0 Å². The quantitative estimate of drug-likeness (QED) is 0.590. The number of carbonyl (C=O) groups is 2. The first kappa shape index (κ1) is 24.0. The van der Waals surface area contributed by atoms with E-state index in [2.05, 4.69) is 10.6 Å². The zero-order valence-corrected chi connectivity index (χ0v) is 17.3. The van der Waals surface area contributed by atoms with E-state index in [0.29, 0.717) is 17.7 Å². The maximum absolute atomic E-state index is 12.3. The van der Waals surface area contributed by atoms with Crippen molar-refractivity contribution in [3.63, 3.8) is 0 Å². The first-order valence-electron chi connectivity index (χ1n) is 9.72. The number of nitrogens with one attached hydrogen (secondary N) is 2. The normalized spacial score (nSPS) is 11.0. The summed E-state index contributed by atoms with van der Waals surface area (Å²) in [4.78, 5) is 24.1. The number of anilines is 1. The molecule has 2 aromatic rings. The molecule has 0 fully saturated rings. The molecule has 31 heavy (non-hydrogen) atoms. The number of ether oxygens (including phenoxy) is 2. The molecule has 2 rings (SSSR count). The molecule has 0 radical (unpaired) electrons. The first-order chi connectivity index (χ1) is 14.7. The molecule has 0 aliphatic carbocycles. The van der Waals surface area contributed by atoms with Gasteiger partial charge in [-0.2, -0.15) is 13.2 Å². The van der Waals surface area contributed by atoms with E-state index in [1.54, 1.807) is 12.1 Å². The van der Waals surface area contributed by atoms with Crippen LogP contribution in [-0.4, -0.2) is 38.3 Å². The average molecular weight is 438 g/mol. The van der Waals surface area contributed by atoms with Gasteiger partial charge in [-0.15, -0.1) is 0 Å². The molecule has 2 N–H and O–H groups in total. The smallest absolute Gasteiger partial charge is 0.422 e. The second-order valence-electron chi connectivity index (χ2n) is 6.72. The first-order valence-corrected chi connectivity index (χ1v) is 9.72. The van der Waals surface area contributed by atoms with Crippen molar-refractivity contribution in [2.45, 2.75) is 32.4 Å². The molecule has 0 bridgehead atoms. The number of benzene rings is 2. The second kappa shape index (κ2) is 11.2. The van der Waals surface area contributed by atoms with Crippen molar-refractivity contribution >= 4 is 17.5 Å². The Morgan fingerprint density at radius 1 is 1.03 bits per heavy atom. The van der Waals surface area contributed by atoms with Crippen LogP contribution in [0.15, 0.2) is 42.5 Å². The molecule has 168 valence electrons. The highest BCUT2D eigenvalue weighted by Gasteiger charge is 2.29. The molecular weight excluding hydrogens is 413 g/mol. The van der Waals surface area contributed by atoms with E-state index in [1.807, 2.05) is 25.1 Å². The Hall–Kier alpha value is -3.23. The monoisotopic (exact) mass is 438 g/mol. The van der Waals surface area contributed by atoms with Crippen molar-refractivity contribution in [3.05, 3.63) is 53.6 Å². The molecule has 0 aliphatic heterocycles. The summed E-state index contributed by atoms with van der Waals surface area (Å²) < 4.78 is 46.7. The summed E-state index contributed by atoms with van der Waals surface area (Å²) in [6, 6.07) is 11.9. The molecule has 2 aromatic carbocycles. The number of aryl methyl sites for hydroxylation is 2. The number of amides is 2. The summed E-state index contributed by atoms with van der Waals surface area (Å²) in [5.74, 6) is -0.537. The Bertz CT molecular complexity index is 901. The average Bonchev–Trinajstić information content (AvgIpc) is 2.74. The van der Waals surface area contributed by atoms with Crippen molar-refractivity contribution < 1.29 is 32.2 Å². The Balaban J connectivity index is 1.82. The van der Waals surface area contributed by atoms with Crippen LogP contribution >= 0.6 is 0 Å². The van der Waals surface area contributed by atoms with E-state index in [1.165, 1.54) is 19.2 Å². The van der Waals surface area contributed by atoms with Crippen LogP contribution < -0.4 is 20.1 Å². The number of rotatable bonds is 10. The molecule has 0 aliphatic rings. The van der Waals surface area contributed by atoms with Gasteiger partial charge >= 0.3 is 6.18 Å². The lowest BCUT2D eigenvalue weighted by atomic mass is 10.1. The largest absolute Gasteiger partial charge is 0.493 e. The zero-order valence-electron chi connectivity index (χ0n) is 17.3. The number of hydrogen-bond acceptors (Lipinski definition) is 4. The minimum Gasteiger partial charge on any atom is -0.493 e. The third kappa shape index (κ3) is 8.19. The fraction of sp³-hybridized carbons (Fsp3) is 0.364. The predicted molar refractivity (Wildman–Crippen MR) is 110 cm³/mol. The Labute approximate surface area is 178 Å².